The Morgan fingerprint density at radius 2 is 2.20 bits per heavy atom. The van der Waals surface area contributed by atoms with Gasteiger partial charge in [0.15, 0.2) is 0 Å². The summed E-state index contributed by atoms with van der Waals surface area (Å²) in [6, 6.07) is 0. The summed E-state index contributed by atoms with van der Waals surface area (Å²) >= 11 is 5.71. The van der Waals surface area contributed by atoms with Gasteiger partial charge in [-0.3, -0.25) is 4.79 Å². The highest BCUT2D eigenvalue weighted by Gasteiger charge is 2.21. The fourth-order valence-electron chi connectivity index (χ4n) is 0.552. The number of halogens is 1. The SMILES string of the molecule is CCC(C)C(Cl)C(=O)OC. The molecule has 0 aliphatic heterocycles. The van der Waals surface area contributed by atoms with Crippen molar-refractivity contribution in [2.45, 2.75) is 25.6 Å². The number of hydrogen-bond donors (Lipinski definition) is 0. The van der Waals surface area contributed by atoms with E-state index < -0.39 is 5.38 Å². The number of carbonyl (C=O) groups is 1. The molecule has 0 N–H and O–H groups in total. The molecule has 0 bridgehead atoms. The lowest BCUT2D eigenvalue weighted by Gasteiger charge is -2.12. The van der Waals surface area contributed by atoms with Gasteiger partial charge in [-0.2, -0.15) is 0 Å². The first-order valence-electron chi connectivity index (χ1n) is 3.35. The number of esters is 1. The van der Waals surface area contributed by atoms with Gasteiger partial charge in [0.05, 0.1) is 7.11 Å². The molecule has 0 aromatic carbocycles. The Labute approximate surface area is 66.5 Å². The number of methoxy groups -OCH3 is 1. The largest absolute Gasteiger partial charge is 0.468 e. The first-order valence-corrected chi connectivity index (χ1v) is 3.79. The van der Waals surface area contributed by atoms with Gasteiger partial charge in [0.2, 0.25) is 0 Å². The predicted molar refractivity (Wildman–Crippen MR) is 41.1 cm³/mol. The monoisotopic (exact) mass is 164 g/mol. The zero-order valence-corrected chi connectivity index (χ0v) is 7.31. The van der Waals surface area contributed by atoms with Crippen LogP contribution in [-0.4, -0.2) is 18.5 Å². The molecule has 60 valence electrons. The molecule has 0 saturated carbocycles. The van der Waals surface area contributed by atoms with E-state index in [2.05, 4.69) is 4.74 Å². The van der Waals surface area contributed by atoms with Gasteiger partial charge < -0.3 is 4.74 Å². The summed E-state index contributed by atoms with van der Waals surface area (Å²) in [4.78, 5) is 10.8. The van der Waals surface area contributed by atoms with E-state index in [0.29, 0.717) is 0 Å². The van der Waals surface area contributed by atoms with E-state index in [4.69, 9.17) is 11.6 Å². The minimum absolute atomic E-state index is 0.189. The van der Waals surface area contributed by atoms with Crippen LogP contribution in [0.4, 0.5) is 0 Å². The molecule has 2 unspecified atom stereocenters. The van der Waals surface area contributed by atoms with E-state index in [-0.39, 0.29) is 11.9 Å². The molecule has 0 fully saturated rings. The molecule has 2 atom stereocenters. The highest BCUT2D eigenvalue weighted by Crippen LogP contribution is 2.14. The Morgan fingerprint density at radius 3 is 2.50 bits per heavy atom. The Hall–Kier alpha value is -0.240. The van der Waals surface area contributed by atoms with E-state index in [0.717, 1.165) is 6.42 Å². The van der Waals surface area contributed by atoms with Crippen molar-refractivity contribution in [2.75, 3.05) is 7.11 Å². The van der Waals surface area contributed by atoms with Crippen LogP contribution < -0.4 is 0 Å². The van der Waals surface area contributed by atoms with Gasteiger partial charge in [-0.15, -0.1) is 11.6 Å². The summed E-state index contributed by atoms with van der Waals surface area (Å²) in [6.07, 6.45) is 0.892. The summed E-state index contributed by atoms with van der Waals surface area (Å²) in [5.74, 6) is -0.148. The van der Waals surface area contributed by atoms with E-state index in [1.54, 1.807) is 0 Å². The van der Waals surface area contributed by atoms with Crippen molar-refractivity contribution in [3.05, 3.63) is 0 Å². The maximum atomic E-state index is 10.8. The molecule has 0 aliphatic carbocycles. The van der Waals surface area contributed by atoms with Crippen molar-refractivity contribution in [1.29, 1.82) is 0 Å². The molecule has 0 radical (unpaired) electrons. The number of alkyl halides is 1. The first-order chi connectivity index (χ1) is 4.63. The van der Waals surface area contributed by atoms with Gasteiger partial charge in [0, 0.05) is 0 Å². The second-order valence-corrected chi connectivity index (χ2v) is 2.78. The second kappa shape index (κ2) is 4.56. The fraction of sp³-hybridized carbons (Fsp3) is 0.857. The van der Waals surface area contributed by atoms with E-state index in [1.165, 1.54) is 7.11 Å². The molecule has 0 aromatic rings. The summed E-state index contributed by atoms with van der Waals surface area (Å²) in [5, 5.41) is -0.491. The van der Waals surface area contributed by atoms with Gasteiger partial charge in [-0.1, -0.05) is 20.3 Å². The van der Waals surface area contributed by atoms with E-state index >= 15 is 0 Å². The third-order valence-electron chi connectivity index (χ3n) is 1.57. The Morgan fingerprint density at radius 1 is 1.70 bits per heavy atom. The van der Waals surface area contributed by atoms with Crippen LogP contribution in [0.25, 0.3) is 0 Å². The molecule has 0 aromatic heterocycles. The molecule has 0 rings (SSSR count). The highest BCUT2D eigenvalue weighted by atomic mass is 35.5. The molecule has 0 spiro atoms. The third-order valence-corrected chi connectivity index (χ3v) is 2.18. The number of rotatable bonds is 3. The third kappa shape index (κ3) is 2.56. The van der Waals surface area contributed by atoms with Crippen LogP contribution in [0.3, 0.4) is 0 Å². The summed E-state index contributed by atoms with van der Waals surface area (Å²) in [5.41, 5.74) is 0. The second-order valence-electron chi connectivity index (χ2n) is 2.31. The standard InChI is InChI=1S/C7H13ClO2/c1-4-5(2)6(8)7(9)10-3/h5-6H,4H2,1-3H3. The lowest BCUT2D eigenvalue weighted by molar-refractivity contribution is -0.141. The van der Waals surface area contributed by atoms with Crippen LogP contribution >= 0.6 is 11.6 Å². The fourth-order valence-corrected chi connectivity index (χ4v) is 0.819. The van der Waals surface area contributed by atoms with Crippen molar-refractivity contribution in [2.24, 2.45) is 5.92 Å². The van der Waals surface area contributed by atoms with Gasteiger partial charge in [-0.25, -0.2) is 0 Å². The molecule has 3 heteroatoms. The minimum atomic E-state index is -0.491. The van der Waals surface area contributed by atoms with Crippen molar-refractivity contribution in [3.63, 3.8) is 0 Å². The number of ether oxygens (including phenoxy) is 1. The molecule has 2 nitrogen and oxygen atoms in total. The molecule has 0 amide bonds. The zero-order chi connectivity index (χ0) is 8.15. The lowest BCUT2D eigenvalue weighted by atomic mass is 10.1. The van der Waals surface area contributed by atoms with Gasteiger partial charge >= 0.3 is 5.97 Å². The quantitative estimate of drug-likeness (QED) is 0.470. The molecule has 10 heavy (non-hydrogen) atoms. The maximum absolute atomic E-state index is 10.8. The van der Waals surface area contributed by atoms with Crippen LogP contribution in [0.2, 0.25) is 0 Å². The van der Waals surface area contributed by atoms with Gasteiger partial charge in [0.1, 0.15) is 5.38 Å². The summed E-state index contributed by atoms with van der Waals surface area (Å²) in [6.45, 7) is 3.91. The molecule has 0 heterocycles. The van der Waals surface area contributed by atoms with Crippen LogP contribution in [0.15, 0.2) is 0 Å². The predicted octanol–water partition coefficient (Wildman–Crippen LogP) is 1.81. The average Bonchev–Trinajstić information content (AvgIpc) is 2.00. The molecular formula is C7H13ClO2. The summed E-state index contributed by atoms with van der Waals surface area (Å²) < 4.78 is 4.46. The zero-order valence-electron chi connectivity index (χ0n) is 6.56. The lowest BCUT2D eigenvalue weighted by Crippen LogP contribution is -2.23. The average molecular weight is 165 g/mol. The van der Waals surface area contributed by atoms with Gasteiger partial charge in [-0.05, 0) is 5.92 Å². The number of carbonyl (C=O) groups excluding carboxylic acids is 1. The van der Waals surface area contributed by atoms with Crippen LogP contribution in [0.5, 0.6) is 0 Å². The van der Waals surface area contributed by atoms with E-state index in [1.807, 2.05) is 13.8 Å². The van der Waals surface area contributed by atoms with Crippen LogP contribution in [0, 0.1) is 5.92 Å². The summed E-state index contributed by atoms with van der Waals surface area (Å²) in [7, 11) is 1.35. The highest BCUT2D eigenvalue weighted by molar-refractivity contribution is 6.30. The normalized spacial score (nSPS) is 16.0. The molecular weight excluding hydrogens is 152 g/mol. The van der Waals surface area contributed by atoms with Crippen LogP contribution in [0.1, 0.15) is 20.3 Å². The van der Waals surface area contributed by atoms with Crippen LogP contribution in [-0.2, 0) is 9.53 Å². The Kier molecular flexibility index (Phi) is 4.45. The first kappa shape index (κ1) is 9.76. The number of hydrogen-bond acceptors (Lipinski definition) is 2. The van der Waals surface area contributed by atoms with Crippen molar-refractivity contribution < 1.29 is 9.53 Å². The topological polar surface area (TPSA) is 26.3 Å². The molecule has 0 aliphatic rings. The maximum Gasteiger partial charge on any atom is 0.324 e. The van der Waals surface area contributed by atoms with Crippen molar-refractivity contribution >= 4 is 17.6 Å². The molecule has 0 saturated heterocycles. The Bertz CT molecular complexity index is 114. The van der Waals surface area contributed by atoms with Crippen molar-refractivity contribution in [1.82, 2.24) is 0 Å². The van der Waals surface area contributed by atoms with Gasteiger partial charge in [0.25, 0.3) is 0 Å². The Balaban J connectivity index is 3.81. The van der Waals surface area contributed by atoms with Crippen molar-refractivity contribution in [3.8, 4) is 0 Å². The minimum Gasteiger partial charge on any atom is -0.468 e. The smallest absolute Gasteiger partial charge is 0.324 e. The van der Waals surface area contributed by atoms with E-state index in [9.17, 15) is 4.79 Å².